The van der Waals surface area contributed by atoms with Gasteiger partial charge in [-0.2, -0.15) is 5.10 Å². The summed E-state index contributed by atoms with van der Waals surface area (Å²) in [6.07, 6.45) is 1.72. The predicted octanol–water partition coefficient (Wildman–Crippen LogP) is 3.95. The lowest BCUT2D eigenvalue weighted by atomic mass is 10.1. The van der Waals surface area contributed by atoms with Gasteiger partial charge < -0.3 is 10.1 Å². The highest BCUT2D eigenvalue weighted by atomic mass is 79.9. The number of hydrogen-bond acceptors (Lipinski definition) is 3. The van der Waals surface area contributed by atoms with E-state index in [4.69, 9.17) is 16.3 Å². The maximum Gasteiger partial charge on any atom is 0.121 e. The van der Waals surface area contributed by atoms with Crippen LogP contribution in [-0.4, -0.2) is 22.4 Å². The average molecular weight is 373 g/mol. The van der Waals surface area contributed by atoms with E-state index in [0.29, 0.717) is 5.02 Å². The SMILES string of the molecule is CCNC(c1c(Br)cnn1C)C(C)Oc1cccc(Cl)c1. The van der Waals surface area contributed by atoms with Crippen LogP contribution in [0.5, 0.6) is 5.75 Å². The molecular weight excluding hydrogens is 354 g/mol. The Morgan fingerprint density at radius 2 is 2.24 bits per heavy atom. The van der Waals surface area contributed by atoms with Gasteiger partial charge in [0, 0.05) is 12.1 Å². The Bertz CT molecular complexity index is 583. The molecule has 0 saturated heterocycles. The van der Waals surface area contributed by atoms with Crippen molar-refractivity contribution in [2.24, 2.45) is 7.05 Å². The van der Waals surface area contributed by atoms with Crippen molar-refractivity contribution in [2.45, 2.75) is 26.0 Å². The van der Waals surface area contributed by atoms with Crippen molar-refractivity contribution < 1.29 is 4.74 Å². The number of benzene rings is 1. The average Bonchev–Trinajstić information content (AvgIpc) is 2.76. The van der Waals surface area contributed by atoms with Crippen LogP contribution in [0.3, 0.4) is 0 Å². The molecule has 0 aliphatic carbocycles. The van der Waals surface area contributed by atoms with Crippen LogP contribution in [0, 0.1) is 0 Å². The maximum absolute atomic E-state index is 6.03. The second-order valence-electron chi connectivity index (χ2n) is 4.82. The van der Waals surface area contributed by atoms with Crippen molar-refractivity contribution in [3.05, 3.63) is 45.7 Å². The Labute approximate surface area is 138 Å². The first-order chi connectivity index (χ1) is 10.0. The zero-order valence-electron chi connectivity index (χ0n) is 12.3. The molecule has 2 atom stereocenters. The van der Waals surface area contributed by atoms with Crippen LogP contribution >= 0.6 is 27.5 Å². The van der Waals surface area contributed by atoms with Gasteiger partial charge in [0.15, 0.2) is 0 Å². The maximum atomic E-state index is 6.03. The largest absolute Gasteiger partial charge is 0.489 e. The van der Waals surface area contributed by atoms with Gasteiger partial charge in [-0.1, -0.05) is 24.6 Å². The third-order valence-electron chi connectivity index (χ3n) is 3.24. The predicted molar refractivity (Wildman–Crippen MR) is 88.9 cm³/mol. The third kappa shape index (κ3) is 3.99. The van der Waals surface area contributed by atoms with Gasteiger partial charge in [-0.25, -0.2) is 0 Å². The topological polar surface area (TPSA) is 39.1 Å². The van der Waals surface area contributed by atoms with Crippen LogP contribution in [0.4, 0.5) is 0 Å². The summed E-state index contributed by atoms with van der Waals surface area (Å²) < 4.78 is 8.86. The number of aryl methyl sites for hydroxylation is 1. The van der Waals surface area contributed by atoms with Gasteiger partial charge in [-0.05, 0) is 47.6 Å². The van der Waals surface area contributed by atoms with Crippen molar-refractivity contribution in [1.82, 2.24) is 15.1 Å². The fraction of sp³-hybridized carbons (Fsp3) is 0.400. The third-order valence-corrected chi connectivity index (χ3v) is 4.09. The summed E-state index contributed by atoms with van der Waals surface area (Å²) in [6, 6.07) is 7.46. The van der Waals surface area contributed by atoms with E-state index in [2.05, 4.69) is 33.3 Å². The fourth-order valence-electron chi connectivity index (χ4n) is 2.30. The molecule has 1 heterocycles. The Balaban J connectivity index is 2.22. The minimum absolute atomic E-state index is 0.0239. The number of aromatic nitrogens is 2. The van der Waals surface area contributed by atoms with Crippen LogP contribution in [0.2, 0.25) is 5.02 Å². The van der Waals surface area contributed by atoms with Crippen molar-refractivity contribution in [3.63, 3.8) is 0 Å². The first-order valence-electron chi connectivity index (χ1n) is 6.86. The first kappa shape index (κ1) is 16.3. The number of hydrogen-bond donors (Lipinski definition) is 1. The molecule has 0 amide bonds. The Morgan fingerprint density at radius 1 is 1.48 bits per heavy atom. The van der Waals surface area contributed by atoms with Crippen molar-refractivity contribution in [3.8, 4) is 5.75 Å². The smallest absolute Gasteiger partial charge is 0.121 e. The Hall–Kier alpha value is -1.04. The summed E-state index contributed by atoms with van der Waals surface area (Å²) in [7, 11) is 1.93. The highest BCUT2D eigenvalue weighted by Crippen LogP contribution is 2.28. The molecule has 0 fully saturated rings. The summed E-state index contributed by atoms with van der Waals surface area (Å²) in [5.41, 5.74) is 1.06. The molecular formula is C15H19BrClN3O. The van der Waals surface area contributed by atoms with Crippen LogP contribution in [0.25, 0.3) is 0 Å². The molecule has 1 aromatic carbocycles. The number of rotatable bonds is 6. The van der Waals surface area contributed by atoms with Gasteiger partial charge >= 0.3 is 0 Å². The van der Waals surface area contributed by atoms with Gasteiger partial charge in [-0.3, -0.25) is 4.68 Å². The van der Waals surface area contributed by atoms with E-state index < -0.39 is 0 Å². The molecule has 2 rings (SSSR count). The summed E-state index contributed by atoms with van der Waals surface area (Å²) in [6.45, 7) is 4.95. The zero-order valence-corrected chi connectivity index (χ0v) is 14.6. The van der Waals surface area contributed by atoms with E-state index >= 15 is 0 Å². The second-order valence-corrected chi connectivity index (χ2v) is 6.11. The molecule has 2 aromatic rings. The lowest BCUT2D eigenvalue weighted by Crippen LogP contribution is -2.35. The number of ether oxygens (including phenoxy) is 1. The van der Waals surface area contributed by atoms with Crippen molar-refractivity contribution in [2.75, 3.05) is 6.54 Å². The summed E-state index contributed by atoms with van der Waals surface area (Å²) in [5, 5.41) is 8.40. The van der Waals surface area contributed by atoms with E-state index in [0.717, 1.165) is 22.5 Å². The number of halogens is 2. The molecule has 0 aliphatic rings. The summed E-state index contributed by atoms with van der Waals surface area (Å²) >= 11 is 9.55. The number of likely N-dealkylation sites (N-methyl/N-ethyl adjacent to an activating group) is 1. The minimum Gasteiger partial charge on any atom is -0.489 e. The van der Waals surface area contributed by atoms with Crippen LogP contribution in [0.15, 0.2) is 34.9 Å². The highest BCUT2D eigenvalue weighted by Gasteiger charge is 2.25. The van der Waals surface area contributed by atoms with Gasteiger partial charge in [-0.15, -0.1) is 0 Å². The highest BCUT2D eigenvalue weighted by molar-refractivity contribution is 9.10. The fourth-order valence-corrected chi connectivity index (χ4v) is 3.07. The van der Waals surface area contributed by atoms with Gasteiger partial charge in [0.2, 0.25) is 0 Å². The van der Waals surface area contributed by atoms with E-state index in [1.807, 2.05) is 42.9 Å². The molecule has 0 saturated carbocycles. The second kappa shape index (κ2) is 7.29. The Morgan fingerprint density at radius 3 is 2.81 bits per heavy atom. The van der Waals surface area contributed by atoms with Crippen molar-refractivity contribution >= 4 is 27.5 Å². The quantitative estimate of drug-likeness (QED) is 0.834. The molecule has 6 heteroatoms. The molecule has 0 radical (unpaired) electrons. The van der Waals surface area contributed by atoms with Crippen molar-refractivity contribution in [1.29, 1.82) is 0 Å². The molecule has 0 aliphatic heterocycles. The summed E-state index contributed by atoms with van der Waals surface area (Å²) in [4.78, 5) is 0. The van der Waals surface area contributed by atoms with Crippen LogP contribution in [0.1, 0.15) is 25.6 Å². The van der Waals surface area contributed by atoms with E-state index in [9.17, 15) is 0 Å². The molecule has 4 nitrogen and oxygen atoms in total. The molecule has 114 valence electrons. The number of nitrogens with one attached hydrogen (secondary N) is 1. The van der Waals surface area contributed by atoms with E-state index in [1.54, 1.807) is 6.20 Å². The van der Waals surface area contributed by atoms with Gasteiger partial charge in [0.25, 0.3) is 0 Å². The molecule has 0 spiro atoms. The normalized spacial score (nSPS) is 14.0. The molecule has 0 bridgehead atoms. The lowest BCUT2D eigenvalue weighted by molar-refractivity contribution is 0.167. The van der Waals surface area contributed by atoms with Gasteiger partial charge in [0.1, 0.15) is 11.9 Å². The number of nitrogens with zero attached hydrogens (tertiary/aromatic N) is 2. The van der Waals surface area contributed by atoms with Crippen LogP contribution < -0.4 is 10.1 Å². The molecule has 21 heavy (non-hydrogen) atoms. The molecule has 2 unspecified atom stereocenters. The first-order valence-corrected chi connectivity index (χ1v) is 8.03. The summed E-state index contributed by atoms with van der Waals surface area (Å²) in [5.74, 6) is 0.760. The molecule has 1 aromatic heterocycles. The Kier molecular flexibility index (Phi) is 5.67. The minimum atomic E-state index is -0.0740. The van der Waals surface area contributed by atoms with Crippen LogP contribution in [-0.2, 0) is 7.05 Å². The van der Waals surface area contributed by atoms with Gasteiger partial charge in [0.05, 0.1) is 22.4 Å². The standard InChI is InChI=1S/C15H19BrClN3O/c1-4-18-14(15-13(16)9-19-20(15)3)10(2)21-12-7-5-6-11(17)8-12/h5-10,14,18H,4H2,1-3H3. The lowest BCUT2D eigenvalue weighted by Gasteiger charge is -2.26. The molecule has 1 N–H and O–H groups in total. The monoisotopic (exact) mass is 371 g/mol. The van der Waals surface area contributed by atoms with E-state index in [1.165, 1.54) is 0 Å². The van der Waals surface area contributed by atoms with E-state index in [-0.39, 0.29) is 12.1 Å². The zero-order chi connectivity index (χ0) is 15.4.